The third kappa shape index (κ3) is 6.00. The van der Waals surface area contributed by atoms with Crippen molar-refractivity contribution in [3.05, 3.63) is 93.7 Å². The summed E-state index contributed by atoms with van der Waals surface area (Å²) in [6.45, 7) is 1.49. The van der Waals surface area contributed by atoms with E-state index in [0.29, 0.717) is 42.3 Å². The Morgan fingerprint density at radius 2 is 1.82 bits per heavy atom. The van der Waals surface area contributed by atoms with E-state index < -0.39 is 10.0 Å². The number of halogens is 1. The van der Waals surface area contributed by atoms with Gasteiger partial charge in [0, 0.05) is 41.1 Å². The molecule has 1 saturated heterocycles. The number of aromatic amines is 1. The zero-order valence-corrected chi connectivity index (χ0v) is 22.8. The third-order valence-corrected chi connectivity index (χ3v) is 8.25. The first kappa shape index (κ1) is 26.9. The summed E-state index contributed by atoms with van der Waals surface area (Å²) in [4.78, 5) is 31.6. The van der Waals surface area contributed by atoms with Gasteiger partial charge in [-0.2, -0.15) is 0 Å². The predicted molar refractivity (Wildman–Crippen MR) is 154 cm³/mol. The average Bonchev–Trinajstić information content (AvgIpc) is 2.93. The van der Waals surface area contributed by atoms with E-state index in [-0.39, 0.29) is 22.3 Å². The number of hydrogen-bond acceptors (Lipinski definition) is 5. The van der Waals surface area contributed by atoms with Crippen LogP contribution in [0.25, 0.3) is 22.0 Å². The van der Waals surface area contributed by atoms with Crippen LogP contribution in [0, 0.1) is 5.92 Å². The van der Waals surface area contributed by atoms with Gasteiger partial charge >= 0.3 is 0 Å². The van der Waals surface area contributed by atoms with Crippen LogP contribution in [0.15, 0.2) is 82.5 Å². The van der Waals surface area contributed by atoms with Gasteiger partial charge in [-0.15, -0.1) is 0 Å². The van der Waals surface area contributed by atoms with Crippen molar-refractivity contribution in [3.63, 3.8) is 0 Å². The molecule has 10 heteroatoms. The molecular formula is C29H29ClN4O4S. The minimum atomic E-state index is -3.74. The average molecular weight is 565 g/mol. The fraction of sp³-hybridized carbons (Fsp3) is 0.241. The van der Waals surface area contributed by atoms with Crippen LogP contribution in [0.4, 0.5) is 5.69 Å². The third-order valence-electron chi connectivity index (χ3n) is 7.09. The number of amides is 1. The fourth-order valence-electron chi connectivity index (χ4n) is 5.17. The standard InChI is InChI=1S/C29H29ClN4O4S/c30-22-10-13-25-24(17-22)26(20-5-2-1-3-6-20)27(29(36)33-25)34-16-4-7-21(18-34)28(35)32-15-14-19-8-11-23(12-9-19)39(31,37)38/h1-3,5-6,8-13,17,21H,4,7,14-16,18H2,(H,32,35)(H,33,36)(H2,31,37,38)/t21-/m1/s1. The largest absolute Gasteiger partial charge is 0.366 e. The molecule has 3 aromatic carbocycles. The molecule has 5 rings (SSSR count). The highest BCUT2D eigenvalue weighted by atomic mass is 35.5. The smallest absolute Gasteiger partial charge is 0.272 e. The molecule has 0 bridgehead atoms. The molecule has 8 nitrogen and oxygen atoms in total. The lowest BCUT2D eigenvalue weighted by Crippen LogP contribution is -2.45. The molecule has 1 fully saturated rings. The Morgan fingerprint density at radius 3 is 2.54 bits per heavy atom. The van der Waals surface area contributed by atoms with Crippen LogP contribution < -0.4 is 20.9 Å². The van der Waals surface area contributed by atoms with Crippen molar-refractivity contribution in [2.75, 3.05) is 24.5 Å². The number of nitrogens with zero attached hydrogens (tertiary/aromatic N) is 1. The zero-order chi connectivity index (χ0) is 27.6. The quantitative estimate of drug-likeness (QED) is 0.312. The van der Waals surface area contributed by atoms with Crippen molar-refractivity contribution in [1.29, 1.82) is 0 Å². The maximum atomic E-state index is 13.4. The van der Waals surface area contributed by atoms with Crippen LogP contribution in [0.3, 0.4) is 0 Å². The maximum Gasteiger partial charge on any atom is 0.272 e. The van der Waals surface area contributed by atoms with Crippen LogP contribution in [-0.4, -0.2) is 38.9 Å². The highest BCUT2D eigenvalue weighted by Gasteiger charge is 2.29. The Balaban J connectivity index is 1.35. The van der Waals surface area contributed by atoms with Crippen LogP contribution >= 0.6 is 11.6 Å². The topological polar surface area (TPSA) is 125 Å². The van der Waals surface area contributed by atoms with Crippen molar-refractivity contribution in [1.82, 2.24) is 10.3 Å². The molecular weight excluding hydrogens is 536 g/mol. The molecule has 0 spiro atoms. The van der Waals surface area contributed by atoms with E-state index in [1.54, 1.807) is 18.2 Å². The van der Waals surface area contributed by atoms with Gasteiger partial charge in [0.15, 0.2) is 0 Å². The molecule has 1 aliphatic heterocycles. The van der Waals surface area contributed by atoms with Crippen molar-refractivity contribution in [2.45, 2.75) is 24.2 Å². The van der Waals surface area contributed by atoms with E-state index >= 15 is 0 Å². The second kappa shape index (κ2) is 11.2. The van der Waals surface area contributed by atoms with Crippen LogP contribution in [0.5, 0.6) is 0 Å². The monoisotopic (exact) mass is 564 g/mol. The summed E-state index contributed by atoms with van der Waals surface area (Å²) < 4.78 is 22.9. The number of H-pyrrole nitrogens is 1. The number of carbonyl (C=O) groups is 1. The van der Waals surface area contributed by atoms with E-state index in [0.717, 1.165) is 34.9 Å². The second-order valence-electron chi connectivity index (χ2n) is 9.75. The summed E-state index contributed by atoms with van der Waals surface area (Å²) in [5.41, 5.74) is 3.65. The summed E-state index contributed by atoms with van der Waals surface area (Å²) in [6.07, 6.45) is 2.05. The normalized spacial score (nSPS) is 15.8. The van der Waals surface area contributed by atoms with Gasteiger partial charge in [0.25, 0.3) is 5.56 Å². The number of benzene rings is 3. The van der Waals surface area contributed by atoms with Crippen molar-refractivity contribution < 1.29 is 13.2 Å². The minimum absolute atomic E-state index is 0.0541. The summed E-state index contributed by atoms with van der Waals surface area (Å²) in [5, 5.41) is 9.58. The van der Waals surface area contributed by atoms with Crippen molar-refractivity contribution >= 4 is 44.1 Å². The van der Waals surface area contributed by atoms with Gasteiger partial charge in [-0.3, -0.25) is 9.59 Å². The van der Waals surface area contributed by atoms with E-state index in [9.17, 15) is 18.0 Å². The lowest BCUT2D eigenvalue weighted by Gasteiger charge is -2.34. The number of pyridine rings is 1. The Labute approximate surface area is 231 Å². The SMILES string of the molecule is NS(=O)(=O)c1ccc(CCNC(=O)[C@@H]2CCCN(c3c(-c4ccccc4)c4cc(Cl)ccc4[nH]c3=O)C2)cc1. The van der Waals surface area contributed by atoms with Crippen molar-refractivity contribution in [2.24, 2.45) is 11.1 Å². The summed E-state index contributed by atoms with van der Waals surface area (Å²) in [6, 6.07) is 21.5. The summed E-state index contributed by atoms with van der Waals surface area (Å²) in [7, 11) is -3.74. The number of rotatable bonds is 7. The van der Waals surface area contributed by atoms with Gasteiger partial charge in [-0.05, 0) is 60.7 Å². The molecule has 0 saturated carbocycles. The number of aromatic nitrogens is 1. The number of fused-ring (bicyclic) bond motifs is 1. The number of piperidine rings is 1. The Hall–Kier alpha value is -3.66. The van der Waals surface area contributed by atoms with Gasteiger partial charge in [0.05, 0.1) is 10.8 Å². The lowest BCUT2D eigenvalue weighted by atomic mass is 9.94. The number of nitrogens with two attached hydrogens (primary N) is 1. The number of sulfonamides is 1. The highest BCUT2D eigenvalue weighted by Crippen LogP contribution is 2.37. The lowest BCUT2D eigenvalue weighted by molar-refractivity contribution is -0.125. The number of carbonyl (C=O) groups excluding carboxylic acids is 1. The number of hydrogen-bond donors (Lipinski definition) is 3. The maximum absolute atomic E-state index is 13.4. The number of anilines is 1. The van der Waals surface area contributed by atoms with E-state index in [2.05, 4.69) is 10.3 Å². The van der Waals surface area contributed by atoms with E-state index in [1.165, 1.54) is 12.1 Å². The molecule has 1 amide bonds. The molecule has 1 aliphatic rings. The van der Waals surface area contributed by atoms with Crippen molar-refractivity contribution in [3.8, 4) is 11.1 Å². The molecule has 4 aromatic rings. The molecule has 0 aliphatic carbocycles. The molecule has 0 unspecified atom stereocenters. The minimum Gasteiger partial charge on any atom is -0.366 e. The zero-order valence-electron chi connectivity index (χ0n) is 21.2. The van der Waals surface area contributed by atoms with Gasteiger partial charge in [0.1, 0.15) is 5.69 Å². The first-order valence-corrected chi connectivity index (χ1v) is 14.7. The Bertz CT molecular complexity index is 1670. The molecule has 202 valence electrons. The number of primary sulfonamides is 1. The highest BCUT2D eigenvalue weighted by molar-refractivity contribution is 7.89. The molecule has 1 aromatic heterocycles. The predicted octanol–water partition coefficient (Wildman–Crippen LogP) is 4.07. The van der Waals surface area contributed by atoms with Gasteiger partial charge in [-0.1, -0.05) is 54.1 Å². The van der Waals surface area contributed by atoms with Gasteiger partial charge < -0.3 is 15.2 Å². The second-order valence-corrected chi connectivity index (χ2v) is 11.7. The molecule has 0 radical (unpaired) electrons. The van der Waals surface area contributed by atoms with Crippen LogP contribution in [0.2, 0.25) is 5.02 Å². The first-order chi connectivity index (χ1) is 18.7. The number of nitrogens with one attached hydrogen (secondary N) is 2. The Kier molecular flexibility index (Phi) is 7.74. The summed E-state index contributed by atoms with van der Waals surface area (Å²) >= 11 is 6.35. The molecule has 2 heterocycles. The molecule has 4 N–H and O–H groups in total. The fourth-order valence-corrected chi connectivity index (χ4v) is 5.86. The first-order valence-electron chi connectivity index (χ1n) is 12.8. The Morgan fingerprint density at radius 1 is 1.08 bits per heavy atom. The van der Waals surface area contributed by atoms with E-state index in [4.69, 9.17) is 16.7 Å². The van der Waals surface area contributed by atoms with Gasteiger partial charge in [0.2, 0.25) is 15.9 Å². The van der Waals surface area contributed by atoms with Crippen LogP contribution in [-0.2, 0) is 21.2 Å². The molecule has 1 atom stereocenters. The van der Waals surface area contributed by atoms with Crippen LogP contribution in [0.1, 0.15) is 18.4 Å². The van der Waals surface area contributed by atoms with Gasteiger partial charge in [-0.25, -0.2) is 13.6 Å². The van der Waals surface area contributed by atoms with E-state index in [1.807, 2.05) is 47.4 Å². The molecule has 39 heavy (non-hydrogen) atoms. The summed E-state index contributed by atoms with van der Waals surface area (Å²) in [5.74, 6) is -0.344.